The minimum atomic E-state index is -1.07. The molecular formula is C12H8F3N5. The standard InChI is InChI=1S/C12H8F3N5/c13-6-3-7(14)10(8(15)4-6)19-11-12-17-1-2-20(12)5-9(16)18-11/h1-5H,16H2,(H,18,19). The van der Waals surface area contributed by atoms with Gasteiger partial charge >= 0.3 is 0 Å². The summed E-state index contributed by atoms with van der Waals surface area (Å²) in [5.41, 5.74) is 5.41. The van der Waals surface area contributed by atoms with Crippen molar-refractivity contribution in [2.24, 2.45) is 0 Å². The number of nitrogen functional groups attached to an aromatic ring is 1. The lowest BCUT2D eigenvalue weighted by molar-refractivity contribution is 0.549. The molecule has 0 aliphatic heterocycles. The number of aromatic nitrogens is 3. The summed E-state index contributed by atoms with van der Waals surface area (Å²) < 4.78 is 41.6. The van der Waals surface area contributed by atoms with Crippen molar-refractivity contribution < 1.29 is 13.2 Å². The number of hydrogen-bond acceptors (Lipinski definition) is 4. The minimum Gasteiger partial charge on any atom is -0.382 e. The number of fused-ring (bicyclic) bond motifs is 1. The summed E-state index contributed by atoms with van der Waals surface area (Å²) in [7, 11) is 0. The van der Waals surface area contributed by atoms with Gasteiger partial charge in [-0.15, -0.1) is 0 Å². The highest BCUT2D eigenvalue weighted by Gasteiger charge is 2.14. The molecule has 2 heterocycles. The Labute approximate surface area is 110 Å². The van der Waals surface area contributed by atoms with Gasteiger partial charge in [-0.2, -0.15) is 0 Å². The molecule has 5 nitrogen and oxygen atoms in total. The van der Waals surface area contributed by atoms with Gasteiger partial charge in [-0.25, -0.2) is 23.1 Å². The van der Waals surface area contributed by atoms with Crippen LogP contribution in [0.25, 0.3) is 5.65 Å². The monoisotopic (exact) mass is 279 g/mol. The molecule has 0 amide bonds. The van der Waals surface area contributed by atoms with E-state index in [1.165, 1.54) is 12.4 Å². The van der Waals surface area contributed by atoms with Crippen LogP contribution in [0, 0.1) is 17.5 Å². The Morgan fingerprint density at radius 3 is 2.55 bits per heavy atom. The van der Waals surface area contributed by atoms with Gasteiger partial charge in [-0.3, -0.25) is 0 Å². The first-order valence-corrected chi connectivity index (χ1v) is 5.55. The van der Waals surface area contributed by atoms with Gasteiger partial charge in [-0.05, 0) is 0 Å². The average Bonchev–Trinajstić information content (AvgIpc) is 2.81. The molecule has 0 aliphatic rings. The van der Waals surface area contributed by atoms with Crippen LogP contribution in [0.15, 0.2) is 30.7 Å². The molecule has 0 saturated carbocycles. The van der Waals surface area contributed by atoms with Crippen LogP contribution in [-0.4, -0.2) is 14.4 Å². The molecule has 0 fully saturated rings. The van der Waals surface area contributed by atoms with Crippen molar-refractivity contribution in [3.63, 3.8) is 0 Å². The van der Waals surface area contributed by atoms with E-state index in [4.69, 9.17) is 5.73 Å². The summed E-state index contributed by atoms with van der Waals surface area (Å²) in [5, 5.41) is 2.45. The summed E-state index contributed by atoms with van der Waals surface area (Å²) in [6.07, 6.45) is 4.60. The van der Waals surface area contributed by atoms with E-state index >= 15 is 0 Å². The van der Waals surface area contributed by atoms with Crippen molar-refractivity contribution in [3.05, 3.63) is 48.2 Å². The Hall–Kier alpha value is -2.77. The van der Waals surface area contributed by atoms with Crippen LogP contribution in [0.4, 0.5) is 30.5 Å². The fourth-order valence-corrected chi connectivity index (χ4v) is 1.81. The zero-order valence-electron chi connectivity index (χ0n) is 9.94. The molecule has 1 aromatic carbocycles. The first kappa shape index (κ1) is 12.3. The third kappa shape index (κ3) is 2.00. The third-order valence-electron chi connectivity index (χ3n) is 2.64. The fraction of sp³-hybridized carbons (Fsp3) is 0. The largest absolute Gasteiger partial charge is 0.382 e. The van der Waals surface area contributed by atoms with E-state index in [0.717, 1.165) is 0 Å². The summed E-state index contributed by atoms with van der Waals surface area (Å²) in [6, 6.07) is 1.14. The van der Waals surface area contributed by atoms with Gasteiger partial charge in [0.25, 0.3) is 0 Å². The van der Waals surface area contributed by atoms with E-state index in [0.29, 0.717) is 17.8 Å². The summed E-state index contributed by atoms with van der Waals surface area (Å²) in [6.45, 7) is 0. The van der Waals surface area contributed by atoms with E-state index in [9.17, 15) is 13.2 Å². The van der Waals surface area contributed by atoms with Crippen molar-refractivity contribution in [2.75, 3.05) is 11.1 Å². The molecule has 0 bridgehead atoms. The highest BCUT2D eigenvalue weighted by molar-refractivity contribution is 5.71. The lowest BCUT2D eigenvalue weighted by Gasteiger charge is -2.10. The Morgan fingerprint density at radius 2 is 1.85 bits per heavy atom. The molecule has 3 aromatic rings. The molecule has 3 N–H and O–H groups in total. The van der Waals surface area contributed by atoms with Crippen LogP contribution < -0.4 is 11.1 Å². The minimum absolute atomic E-state index is 0.0689. The number of nitrogens with one attached hydrogen (secondary N) is 1. The van der Waals surface area contributed by atoms with Crippen molar-refractivity contribution in [2.45, 2.75) is 0 Å². The van der Waals surface area contributed by atoms with E-state index < -0.39 is 23.1 Å². The van der Waals surface area contributed by atoms with Crippen LogP contribution in [0.1, 0.15) is 0 Å². The second kappa shape index (κ2) is 4.41. The van der Waals surface area contributed by atoms with E-state index in [1.54, 1.807) is 10.6 Å². The SMILES string of the molecule is Nc1cn2ccnc2c(Nc2c(F)cc(F)cc2F)n1. The smallest absolute Gasteiger partial charge is 0.180 e. The van der Waals surface area contributed by atoms with Crippen molar-refractivity contribution in [1.82, 2.24) is 14.4 Å². The van der Waals surface area contributed by atoms with E-state index in [-0.39, 0.29) is 11.6 Å². The number of imidazole rings is 1. The Bertz CT molecular complexity index is 776. The molecule has 0 unspecified atom stereocenters. The van der Waals surface area contributed by atoms with Gasteiger partial charge in [0.05, 0.1) is 6.20 Å². The second-order valence-electron chi connectivity index (χ2n) is 4.04. The Kier molecular flexibility index (Phi) is 2.70. The van der Waals surface area contributed by atoms with Crippen molar-refractivity contribution >= 4 is 23.0 Å². The zero-order valence-corrected chi connectivity index (χ0v) is 9.94. The van der Waals surface area contributed by atoms with Gasteiger partial charge < -0.3 is 15.5 Å². The van der Waals surface area contributed by atoms with Crippen LogP contribution in [0.3, 0.4) is 0 Å². The molecular weight excluding hydrogens is 271 g/mol. The lowest BCUT2D eigenvalue weighted by atomic mass is 10.2. The number of nitrogens with zero attached hydrogens (tertiary/aromatic N) is 3. The molecule has 0 radical (unpaired) electrons. The first-order valence-electron chi connectivity index (χ1n) is 5.55. The fourth-order valence-electron chi connectivity index (χ4n) is 1.81. The average molecular weight is 279 g/mol. The number of rotatable bonds is 2. The lowest BCUT2D eigenvalue weighted by Crippen LogP contribution is -2.05. The maximum Gasteiger partial charge on any atom is 0.180 e. The van der Waals surface area contributed by atoms with Gasteiger partial charge in [0.2, 0.25) is 0 Å². The van der Waals surface area contributed by atoms with Crippen molar-refractivity contribution in [3.8, 4) is 0 Å². The van der Waals surface area contributed by atoms with Crippen LogP contribution in [0.5, 0.6) is 0 Å². The third-order valence-corrected chi connectivity index (χ3v) is 2.64. The molecule has 0 aliphatic carbocycles. The van der Waals surface area contributed by atoms with Crippen molar-refractivity contribution in [1.29, 1.82) is 0 Å². The van der Waals surface area contributed by atoms with Gasteiger partial charge in [0.15, 0.2) is 23.1 Å². The topological polar surface area (TPSA) is 68.2 Å². The highest BCUT2D eigenvalue weighted by atomic mass is 19.1. The molecule has 2 aromatic heterocycles. The normalized spacial score (nSPS) is 10.9. The number of anilines is 3. The molecule has 0 saturated heterocycles. The predicted molar refractivity (Wildman–Crippen MR) is 67.0 cm³/mol. The molecule has 8 heteroatoms. The maximum absolute atomic E-state index is 13.6. The molecule has 3 rings (SSSR count). The summed E-state index contributed by atoms with van der Waals surface area (Å²) in [5.74, 6) is -2.94. The number of hydrogen-bond donors (Lipinski definition) is 2. The van der Waals surface area contributed by atoms with E-state index in [2.05, 4.69) is 15.3 Å². The summed E-state index contributed by atoms with van der Waals surface area (Å²) >= 11 is 0. The molecule has 0 atom stereocenters. The highest BCUT2D eigenvalue weighted by Crippen LogP contribution is 2.25. The molecule has 0 spiro atoms. The second-order valence-corrected chi connectivity index (χ2v) is 4.04. The quantitative estimate of drug-likeness (QED) is 0.756. The van der Waals surface area contributed by atoms with Gasteiger partial charge in [0.1, 0.15) is 17.3 Å². The number of benzene rings is 1. The van der Waals surface area contributed by atoms with Gasteiger partial charge in [-0.1, -0.05) is 0 Å². The number of halogens is 3. The zero-order chi connectivity index (χ0) is 14.3. The maximum atomic E-state index is 13.6. The van der Waals surface area contributed by atoms with Crippen LogP contribution >= 0.6 is 0 Å². The first-order chi connectivity index (χ1) is 9.54. The van der Waals surface area contributed by atoms with Crippen LogP contribution in [-0.2, 0) is 0 Å². The number of nitrogens with two attached hydrogens (primary N) is 1. The Balaban J connectivity index is 2.12. The Morgan fingerprint density at radius 1 is 1.15 bits per heavy atom. The van der Waals surface area contributed by atoms with Crippen LogP contribution in [0.2, 0.25) is 0 Å². The predicted octanol–water partition coefficient (Wildman–Crippen LogP) is 2.47. The summed E-state index contributed by atoms with van der Waals surface area (Å²) in [4.78, 5) is 7.93. The molecule has 102 valence electrons. The van der Waals surface area contributed by atoms with E-state index in [1.807, 2.05) is 0 Å². The molecule has 20 heavy (non-hydrogen) atoms. The van der Waals surface area contributed by atoms with Gasteiger partial charge in [0, 0.05) is 24.5 Å².